The van der Waals surface area contributed by atoms with Crippen LogP contribution in [0.2, 0.25) is 0 Å². The molecular weight excluding hydrogens is 216 g/mol. The Kier molecular flexibility index (Phi) is 4.54. The maximum absolute atomic E-state index is 11.3. The zero-order valence-electron chi connectivity index (χ0n) is 11.0. The number of rotatable bonds is 3. The van der Waals surface area contributed by atoms with Crippen molar-refractivity contribution in [3.8, 4) is 0 Å². The van der Waals surface area contributed by atoms with Gasteiger partial charge in [0.25, 0.3) is 0 Å². The summed E-state index contributed by atoms with van der Waals surface area (Å²) >= 11 is 0. The van der Waals surface area contributed by atoms with E-state index in [-0.39, 0.29) is 0 Å². The highest BCUT2D eigenvalue weighted by Gasteiger charge is 2.25. The lowest BCUT2D eigenvalue weighted by Gasteiger charge is -2.36. The molecule has 17 heavy (non-hydrogen) atoms. The largest absolute Gasteiger partial charge is 0.374 e. The molecule has 2 fully saturated rings. The number of nitrogens with zero attached hydrogens (tertiary/aromatic N) is 2. The number of ether oxygens (including phenoxy) is 1. The van der Waals surface area contributed by atoms with E-state index in [0.717, 1.165) is 52.2 Å². The van der Waals surface area contributed by atoms with E-state index < -0.39 is 0 Å². The average Bonchev–Trinajstić information content (AvgIpc) is 2.29. The van der Waals surface area contributed by atoms with Crippen LogP contribution in [0.3, 0.4) is 0 Å². The third kappa shape index (κ3) is 3.76. The van der Waals surface area contributed by atoms with Crippen LogP contribution in [0.5, 0.6) is 0 Å². The summed E-state index contributed by atoms with van der Waals surface area (Å²) in [5.41, 5.74) is 0. The minimum Gasteiger partial charge on any atom is -0.374 e. The van der Waals surface area contributed by atoms with Gasteiger partial charge in [-0.25, -0.2) is 0 Å². The molecule has 0 amide bonds. The van der Waals surface area contributed by atoms with E-state index in [1.165, 1.54) is 0 Å². The fourth-order valence-corrected chi connectivity index (χ4v) is 2.79. The van der Waals surface area contributed by atoms with E-state index in [4.69, 9.17) is 4.74 Å². The molecule has 2 saturated heterocycles. The first kappa shape index (κ1) is 13.0. The number of hydrogen-bond acceptors (Lipinski definition) is 4. The van der Waals surface area contributed by atoms with Gasteiger partial charge in [-0.3, -0.25) is 4.79 Å². The van der Waals surface area contributed by atoms with Gasteiger partial charge in [0.2, 0.25) is 0 Å². The molecule has 2 aliphatic rings. The third-order valence-electron chi connectivity index (χ3n) is 3.97. The van der Waals surface area contributed by atoms with Crippen LogP contribution in [0.1, 0.15) is 19.8 Å². The number of carbonyl (C=O) groups is 1. The van der Waals surface area contributed by atoms with Crippen LogP contribution in [-0.2, 0) is 9.53 Å². The van der Waals surface area contributed by atoms with Gasteiger partial charge < -0.3 is 14.5 Å². The predicted octanol–water partition coefficient (Wildman–Crippen LogP) is 0.618. The second-order valence-corrected chi connectivity index (χ2v) is 5.44. The zero-order valence-corrected chi connectivity index (χ0v) is 11.0. The summed E-state index contributed by atoms with van der Waals surface area (Å²) in [5, 5.41) is 0. The SMILES string of the molecule is CC(=O)C1CCN(CC2CN(C)CCO2)CC1. The van der Waals surface area contributed by atoms with Crippen molar-refractivity contribution in [3.05, 3.63) is 0 Å². The number of ketones is 1. The van der Waals surface area contributed by atoms with Crippen molar-refractivity contribution in [1.29, 1.82) is 0 Å². The Labute approximate surface area is 104 Å². The summed E-state index contributed by atoms with van der Waals surface area (Å²) in [6.07, 6.45) is 2.40. The molecular formula is C13H24N2O2. The first-order chi connectivity index (χ1) is 8.15. The highest BCUT2D eigenvalue weighted by molar-refractivity contribution is 5.78. The molecule has 4 nitrogen and oxygen atoms in total. The Hall–Kier alpha value is -0.450. The Morgan fingerprint density at radius 3 is 2.59 bits per heavy atom. The maximum Gasteiger partial charge on any atom is 0.133 e. The second-order valence-electron chi connectivity index (χ2n) is 5.44. The van der Waals surface area contributed by atoms with Crippen molar-refractivity contribution < 1.29 is 9.53 Å². The normalized spacial score (nSPS) is 29.4. The fourth-order valence-electron chi connectivity index (χ4n) is 2.79. The highest BCUT2D eigenvalue weighted by atomic mass is 16.5. The third-order valence-corrected chi connectivity index (χ3v) is 3.97. The maximum atomic E-state index is 11.3. The topological polar surface area (TPSA) is 32.8 Å². The van der Waals surface area contributed by atoms with Crippen molar-refractivity contribution in [3.63, 3.8) is 0 Å². The van der Waals surface area contributed by atoms with Crippen molar-refractivity contribution >= 4 is 5.78 Å². The van der Waals surface area contributed by atoms with Gasteiger partial charge in [-0.1, -0.05) is 0 Å². The number of hydrogen-bond donors (Lipinski definition) is 0. The molecule has 1 unspecified atom stereocenters. The number of piperidine rings is 1. The van der Waals surface area contributed by atoms with E-state index >= 15 is 0 Å². The average molecular weight is 240 g/mol. The van der Waals surface area contributed by atoms with Crippen molar-refractivity contribution in [1.82, 2.24) is 9.80 Å². The van der Waals surface area contributed by atoms with Crippen molar-refractivity contribution in [2.24, 2.45) is 5.92 Å². The minimum atomic E-state index is 0.307. The standard InChI is InChI=1S/C13H24N2O2/c1-11(16)12-3-5-15(6-4-12)10-13-9-14(2)7-8-17-13/h12-13H,3-10H2,1-2H3. The van der Waals surface area contributed by atoms with E-state index in [1.807, 2.05) is 0 Å². The summed E-state index contributed by atoms with van der Waals surface area (Å²) in [4.78, 5) is 16.1. The number of morpholine rings is 1. The molecule has 0 radical (unpaired) electrons. The molecule has 0 bridgehead atoms. The van der Waals surface area contributed by atoms with Gasteiger partial charge in [0.05, 0.1) is 12.7 Å². The minimum absolute atomic E-state index is 0.307. The molecule has 2 rings (SSSR count). The summed E-state index contributed by atoms with van der Waals surface area (Å²) in [7, 11) is 2.15. The molecule has 0 saturated carbocycles. The molecule has 98 valence electrons. The lowest BCUT2D eigenvalue weighted by atomic mass is 9.93. The summed E-state index contributed by atoms with van der Waals surface area (Å²) in [6.45, 7) is 7.77. The Bertz CT molecular complexity index is 262. The first-order valence-electron chi connectivity index (χ1n) is 6.68. The first-order valence-corrected chi connectivity index (χ1v) is 6.68. The Morgan fingerprint density at radius 1 is 1.29 bits per heavy atom. The summed E-state index contributed by atoms with van der Waals surface area (Å²) < 4.78 is 5.78. The monoisotopic (exact) mass is 240 g/mol. The van der Waals surface area contributed by atoms with Crippen LogP contribution < -0.4 is 0 Å². The molecule has 0 aromatic carbocycles. The van der Waals surface area contributed by atoms with E-state index in [1.54, 1.807) is 6.92 Å². The molecule has 4 heteroatoms. The van der Waals surface area contributed by atoms with E-state index in [2.05, 4.69) is 16.8 Å². The number of Topliss-reactive ketones (excluding diaryl/α,β-unsaturated/α-hetero) is 1. The van der Waals surface area contributed by atoms with Gasteiger partial charge >= 0.3 is 0 Å². The Balaban J connectivity index is 1.72. The number of likely N-dealkylation sites (tertiary alicyclic amines) is 1. The molecule has 1 atom stereocenters. The van der Waals surface area contributed by atoms with Gasteiger partial charge in [-0.05, 0) is 39.9 Å². The van der Waals surface area contributed by atoms with E-state index in [9.17, 15) is 4.79 Å². The summed E-state index contributed by atoms with van der Waals surface area (Å²) in [6, 6.07) is 0. The zero-order chi connectivity index (χ0) is 12.3. The van der Waals surface area contributed by atoms with Gasteiger partial charge in [0, 0.05) is 25.6 Å². The fraction of sp³-hybridized carbons (Fsp3) is 0.923. The van der Waals surface area contributed by atoms with Gasteiger partial charge in [0.15, 0.2) is 0 Å². The van der Waals surface area contributed by atoms with Crippen LogP contribution in [0, 0.1) is 5.92 Å². The molecule has 2 aliphatic heterocycles. The highest BCUT2D eigenvalue weighted by Crippen LogP contribution is 2.18. The number of carbonyl (C=O) groups excluding carboxylic acids is 1. The molecule has 0 aromatic rings. The lowest BCUT2D eigenvalue weighted by Crippen LogP contribution is -2.48. The second kappa shape index (κ2) is 5.94. The van der Waals surface area contributed by atoms with Crippen LogP contribution in [0.15, 0.2) is 0 Å². The molecule has 2 heterocycles. The number of likely N-dealkylation sites (N-methyl/N-ethyl adjacent to an activating group) is 1. The van der Waals surface area contributed by atoms with E-state index in [0.29, 0.717) is 17.8 Å². The van der Waals surface area contributed by atoms with Gasteiger partial charge in [-0.2, -0.15) is 0 Å². The smallest absolute Gasteiger partial charge is 0.133 e. The predicted molar refractivity (Wildman–Crippen MR) is 67.1 cm³/mol. The van der Waals surface area contributed by atoms with Crippen LogP contribution >= 0.6 is 0 Å². The Morgan fingerprint density at radius 2 is 2.00 bits per heavy atom. The van der Waals surface area contributed by atoms with Crippen LogP contribution in [-0.4, -0.2) is 68.1 Å². The lowest BCUT2D eigenvalue weighted by molar-refractivity contribution is -0.122. The van der Waals surface area contributed by atoms with Gasteiger partial charge in [-0.15, -0.1) is 0 Å². The van der Waals surface area contributed by atoms with Crippen LogP contribution in [0.25, 0.3) is 0 Å². The molecule has 0 spiro atoms. The van der Waals surface area contributed by atoms with Crippen molar-refractivity contribution in [2.75, 3.05) is 46.4 Å². The summed E-state index contributed by atoms with van der Waals surface area (Å²) in [5.74, 6) is 0.666. The quantitative estimate of drug-likeness (QED) is 0.724. The van der Waals surface area contributed by atoms with Crippen LogP contribution in [0.4, 0.5) is 0 Å². The molecule has 0 aromatic heterocycles. The van der Waals surface area contributed by atoms with Crippen molar-refractivity contribution in [2.45, 2.75) is 25.9 Å². The molecule has 0 N–H and O–H groups in total. The molecule has 0 aliphatic carbocycles. The van der Waals surface area contributed by atoms with Gasteiger partial charge in [0.1, 0.15) is 5.78 Å².